The van der Waals surface area contributed by atoms with E-state index in [1.807, 2.05) is 0 Å². The van der Waals surface area contributed by atoms with Gasteiger partial charge in [0.1, 0.15) is 17.3 Å². The van der Waals surface area contributed by atoms with Crippen molar-refractivity contribution in [2.24, 2.45) is 0 Å². The zero-order valence-electron chi connectivity index (χ0n) is 18.1. The molecule has 1 aromatic carbocycles. The van der Waals surface area contributed by atoms with Crippen molar-refractivity contribution >= 4 is 23.9 Å². The summed E-state index contributed by atoms with van der Waals surface area (Å²) in [5.74, 6) is -1.01. The third kappa shape index (κ3) is 7.14. The largest absolute Gasteiger partial charge is 0.497 e. The summed E-state index contributed by atoms with van der Waals surface area (Å²) in [6, 6.07) is 8.38. The van der Waals surface area contributed by atoms with E-state index in [9.17, 15) is 19.6 Å². The number of rotatable bonds is 8. The zero-order chi connectivity index (χ0) is 22.9. The molecule has 1 aromatic rings. The van der Waals surface area contributed by atoms with Crippen LogP contribution < -0.4 is 15.4 Å². The fraction of sp³-hybridized carbons (Fsp3) is 0.478. The normalized spacial score (nSPS) is 17.1. The zero-order valence-corrected chi connectivity index (χ0v) is 18.1. The van der Waals surface area contributed by atoms with E-state index in [-0.39, 0.29) is 0 Å². The Morgan fingerprint density at radius 3 is 2.35 bits per heavy atom. The second-order valence-corrected chi connectivity index (χ2v) is 7.66. The summed E-state index contributed by atoms with van der Waals surface area (Å²) in [4.78, 5) is 36.7. The molecule has 2 rings (SSSR count). The lowest BCUT2D eigenvalue weighted by Crippen LogP contribution is -2.52. The van der Waals surface area contributed by atoms with Gasteiger partial charge in [-0.1, -0.05) is 31.4 Å². The minimum atomic E-state index is -1.08. The van der Waals surface area contributed by atoms with Gasteiger partial charge in [0, 0.05) is 6.08 Å². The molecule has 0 aliphatic heterocycles. The Kier molecular flexibility index (Phi) is 8.62. The van der Waals surface area contributed by atoms with E-state index in [1.165, 1.54) is 19.9 Å². The van der Waals surface area contributed by atoms with E-state index in [0.717, 1.165) is 24.8 Å². The van der Waals surface area contributed by atoms with Crippen molar-refractivity contribution in [2.75, 3.05) is 7.11 Å². The maximum absolute atomic E-state index is 12.4. The molecule has 0 radical (unpaired) electrons. The molecule has 0 saturated heterocycles. The van der Waals surface area contributed by atoms with Gasteiger partial charge in [-0.15, -0.1) is 0 Å². The first-order valence-corrected chi connectivity index (χ1v) is 10.3. The quantitative estimate of drug-likeness (QED) is 0.486. The SMILES string of the molecule is COc1ccc(/C=C/C(=O)N[C@@H](C)C(=O)OC(C)C(=O)NC2(C#N)CCCCC2)cc1. The summed E-state index contributed by atoms with van der Waals surface area (Å²) in [6.07, 6.45) is 5.79. The highest BCUT2D eigenvalue weighted by Gasteiger charge is 2.35. The lowest BCUT2D eigenvalue weighted by Gasteiger charge is -2.32. The van der Waals surface area contributed by atoms with E-state index in [0.29, 0.717) is 18.6 Å². The molecular formula is C23H29N3O5. The Balaban J connectivity index is 1.83. The van der Waals surface area contributed by atoms with Gasteiger partial charge < -0.3 is 20.1 Å². The molecule has 8 nitrogen and oxygen atoms in total. The van der Waals surface area contributed by atoms with Gasteiger partial charge in [0.15, 0.2) is 6.10 Å². The van der Waals surface area contributed by atoms with Gasteiger partial charge in [0.05, 0.1) is 13.2 Å². The van der Waals surface area contributed by atoms with Gasteiger partial charge in [-0.2, -0.15) is 5.26 Å². The first-order valence-electron chi connectivity index (χ1n) is 10.3. The first-order chi connectivity index (χ1) is 14.8. The van der Waals surface area contributed by atoms with Crippen molar-refractivity contribution in [3.8, 4) is 11.8 Å². The van der Waals surface area contributed by atoms with Gasteiger partial charge in [-0.25, -0.2) is 4.79 Å². The van der Waals surface area contributed by atoms with Crippen LogP contribution in [0.25, 0.3) is 6.08 Å². The molecule has 1 saturated carbocycles. The monoisotopic (exact) mass is 427 g/mol. The Morgan fingerprint density at radius 2 is 1.77 bits per heavy atom. The number of esters is 1. The fourth-order valence-electron chi connectivity index (χ4n) is 3.29. The highest BCUT2D eigenvalue weighted by Crippen LogP contribution is 2.27. The molecule has 0 bridgehead atoms. The first kappa shape index (κ1) is 23.9. The van der Waals surface area contributed by atoms with E-state index >= 15 is 0 Å². The van der Waals surface area contributed by atoms with Crippen LogP contribution in [0, 0.1) is 11.3 Å². The summed E-state index contributed by atoms with van der Waals surface area (Å²) in [6.45, 7) is 2.92. The molecule has 2 N–H and O–H groups in total. The van der Waals surface area contributed by atoms with E-state index in [4.69, 9.17) is 9.47 Å². The predicted octanol–water partition coefficient (Wildman–Crippen LogP) is 2.49. The molecule has 8 heteroatoms. The Bertz CT molecular complexity index is 851. The number of carbonyl (C=O) groups is 3. The third-order valence-corrected chi connectivity index (χ3v) is 5.20. The van der Waals surface area contributed by atoms with Crippen molar-refractivity contribution in [3.63, 3.8) is 0 Å². The minimum absolute atomic E-state index is 0.469. The third-order valence-electron chi connectivity index (χ3n) is 5.20. The van der Waals surface area contributed by atoms with Gasteiger partial charge in [-0.05, 0) is 50.5 Å². The molecule has 2 atom stereocenters. The van der Waals surface area contributed by atoms with Gasteiger partial charge in [-0.3, -0.25) is 9.59 Å². The van der Waals surface area contributed by atoms with Crippen LogP contribution in [-0.2, 0) is 19.1 Å². The van der Waals surface area contributed by atoms with Crippen molar-refractivity contribution < 1.29 is 23.9 Å². The van der Waals surface area contributed by atoms with Crippen molar-refractivity contribution in [3.05, 3.63) is 35.9 Å². The Labute approximate surface area is 182 Å². The average Bonchev–Trinajstić information content (AvgIpc) is 2.78. The molecule has 1 aliphatic rings. The lowest BCUT2D eigenvalue weighted by molar-refractivity contribution is -0.157. The van der Waals surface area contributed by atoms with Crippen LogP contribution in [0.4, 0.5) is 0 Å². The molecular weight excluding hydrogens is 398 g/mol. The van der Waals surface area contributed by atoms with Crippen molar-refractivity contribution in [1.29, 1.82) is 5.26 Å². The number of ether oxygens (including phenoxy) is 2. The van der Waals surface area contributed by atoms with E-state index in [1.54, 1.807) is 37.5 Å². The van der Waals surface area contributed by atoms with Crippen LogP contribution >= 0.6 is 0 Å². The molecule has 1 aliphatic carbocycles. The molecule has 1 fully saturated rings. The summed E-state index contributed by atoms with van der Waals surface area (Å²) < 4.78 is 10.3. The number of amides is 2. The molecule has 166 valence electrons. The van der Waals surface area contributed by atoms with E-state index < -0.39 is 35.5 Å². The number of benzene rings is 1. The van der Waals surface area contributed by atoms with Gasteiger partial charge in [0.25, 0.3) is 5.91 Å². The maximum Gasteiger partial charge on any atom is 0.329 e. The summed E-state index contributed by atoms with van der Waals surface area (Å²) >= 11 is 0. The molecule has 0 heterocycles. The van der Waals surface area contributed by atoms with E-state index in [2.05, 4.69) is 16.7 Å². The summed E-state index contributed by atoms with van der Waals surface area (Å²) in [5.41, 5.74) is -0.104. The highest BCUT2D eigenvalue weighted by atomic mass is 16.5. The number of hydrogen-bond donors (Lipinski definition) is 2. The maximum atomic E-state index is 12.4. The molecule has 31 heavy (non-hydrogen) atoms. The minimum Gasteiger partial charge on any atom is -0.497 e. The number of methoxy groups -OCH3 is 1. The summed E-state index contributed by atoms with van der Waals surface area (Å²) in [7, 11) is 1.57. The van der Waals surface area contributed by atoms with Crippen LogP contribution in [-0.4, -0.2) is 42.6 Å². The topological polar surface area (TPSA) is 118 Å². The molecule has 2 amide bonds. The predicted molar refractivity (Wildman–Crippen MR) is 115 cm³/mol. The van der Waals surface area contributed by atoms with Crippen LogP contribution in [0.2, 0.25) is 0 Å². The Morgan fingerprint density at radius 1 is 1.13 bits per heavy atom. The molecule has 0 spiro atoms. The number of nitrogens with zero attached hydrogens (tertiary/aromatic N) is 1. The van der Waals surface area contributed by atoms with Gasteiger partial charge in [0.2, 0.25) is 5.91 Å². The van der Waals surface area contributed by atoms with Crippen LogP contribution in [0.5, 0.6) is 5.75 Å². The smallest absolute Gasteiger partial charge is 0.329 e. The number of nitrogens with one attached hydrogen (secondary N) is 2. The van der Waals surface area contributed by atoms with Crippen molar-refractivity contribution in [1.82, 2.24) is 10.6 Å². The van der Waals surface area contributed by atoms with Gasteiger partial charge >= 0.3 is 5.97 Å². The van der Waals surface area contributed by atoms with Crippen LogP contribution in [0.1, 0.15) is 51.5 Å². The number of nitriles is 1. The number of hydrogen-bond acceptors (Lipinski definition) is 6. The van der Waals surface area contributed by atoms with Crippen molar-refractivity contribution in [2.45, 2.75) is 63.6 Å². The molecule has 1 unspecified atom stereocenters. The summed E-state index contributed by atoms with van der Waals surface area (Å²) in [5, 5.41) is 14.7. The highest BCUT2D eigenvalue weighted by molar-refractivity contribution is 5.95. The molecule has 0 aromatic heterocycles. The average molecular weight is 428 g/mol. The second kappa shape index (κ2) is 11.2. The second-order valence-electron chi connectivity index (χ2n) is 7.66. The van der Waals surface area contributed by atoms with Crippen LogP contribution in [0.3, 0.4) is 0 Å². The Hall–Kier alpha value is -3.34. The standard InChI is InChI=1S/C23H29N3O5/c1-16(25-20(27)12-9-18-7-10-19(30-3)11-8-18)22(29)31-17(2)21(28)26-23(15-24)13-5-4-6-14-23/h7-12,16-17H,4-6,13-14H2,1-3H3,(H,25,27)(H,26,28)/b12-9+/t16-,17?/m0/s1. The number of carbonyl (C=O) groups excluding carboxylic acids is 3. The van der Waals surface area contributed by atoms with Crippen LogP contribution in [0.15, 0.2) is 30.3 Å². The fourth-order valence-corrected chi connectivity index (χ4v) is 3.29. The lowest BCUT2D eigenvalue weighted by atomic mass is 9.83.